The summed E-state index contributed by atoms with van der Waals surface area (Å²) in [6.45, 7) is 5.60. The predicted octanol–water partition coefficient (Wildman–Crippen LogP) is 3.08. The topological polar surface area (TPSA) is 32.3 Å². The molecule has 1 saturated heterocycles. The van der Waals surface area contributed by atoms with Gasteiger partial charge in [-0.2, -0.15) is 0 Å². The third kappa shape index (κ3) is 3.13. The van der Waals surface area contributed by atoms with Crippen LogP contribution < -0.4 is 5.32 Å². The van der Waals surface area contributed by atoms with Gasteiger partial charge in [0.2, 0.25) is 0 Å². The summed E-state index contributed by atoms with van der Waals surface area (Å²) in [6.07, 6.45) is 1.85. The van der Waals surface area contributed by atoms with Crippen LogP contribution in [0.4, 0.5) is 4.39 Å². The molecule has 1 fully saturated rings. The molecule has 1 aromatic carbocycles. The lowest BCUT2D eigenvalue weighted by Crippen LogP contribution is -2.57. The number of carbonyl (C=O) groups is 1. The number of nitrogens with zero attached hydrogens (tertiary/aromatic N) is 1. The van der Waals surface area contributed by atoms with Crippen molar-refractivity contribution in [3.05, 3.63) is 34.6 Å². The van der Waals surface area contributed by atoms with Gasteiger partial charge in [-0.05, 0) is 31.0 Å². The van der Waals surface area contributed by atoms with E-state index in [0.29, 0.717) is 18.2 Å². The third-order valence-electron chi connectivity index (χ3n) is 3.89. The number of carbonyl (C=O) groups excluding carboxylic acids is 1. The maximum absolute atomic E-state index is 13.5. The first-order valence-electron chi connectivity index (χ1n) is 7.06. The second-order valence-electron chi connectivity index (χ2n) is 5.16. The number of hydrogen-bond acceptors (Lipinski definition) is 2. The minimum Gasteiger partial charge on any atom is -0.333 e. The Balaban J connectivity index is 2.22. The molecule has 0 aromatic heterocycles. The molecule has 3 nitrogen and oxygen atoms in total. The minimum absolute atomic E-state index is 0.0420. The molecular weight excluding hydrogens is 279 g/mol. The molecule has 1 heterocycles. The van der Waals surface area contributed by atoms with E-state index in [9.17, 15) is 9.18 Å². The number of benzene rings is 1. The minimum atomic E-state index is -0.548. The molecule has 1 aliphatic heterocycles. The van der Waals surface area contributed by atoms with Gasteiger partial charge in [-0.15, -0.1) is 0 Å². The predicted molar refractivity (Wildman–Crippen MR) is 78.6 cm³/mol. The quantitative estimate of drug-likeness (QED) is 0.930. The first kappa shape index (κ1) is 15.3. The van der Waals surface area contributed by atoms with Gasteiger partial charge in [0.15, 0.2) is 0 Å². The van der Waals surface area contributed by atoms with Crippen molar-refractivity contribution < 1.29 is 9.18 Å². The van der Waals surface area contributed by atoms with Gasteiger partial charge in [-0.1, -0.05) is 25.4 Å². The van der Waals surface area contributed by atoms with Crippen molar-refractivity contribution in [3.8, 4) is 0 Å². The molecule has 0 spiro atoms. The van der Waals surface area contributed by atoms with Crippen LogP contribution in [0.15, 0.2) is 18.2 Å². The lowest BCUT2D eigenvalue weighted by molar-refractivity contribution is 0.0575. The highest BCUT2D eigenvalue weighted by Crippen LogP contribution is 2.20. The monoisotopic (exact) mass is 298 g/mol. The van der Waals surface area contributed by atoms with Crippen molar-refractivity contribution in [1.29, 1.82) is 0 Å². The molecule has 0 bridgehead atoms. The Kier molecular flexibility index (Phi) is 5.00. The highest BCUT2D eigenvalue weighted by molar-refractivity contribution is 6.30. The first-order valence-corrected chi connectivity index (χ1v) is 7.44. The number of hydrogen-bond donors (Lipinski definition) is 1. The van der Waals surface area contributed by atoms with Crippen LogP contribution in [0.3, 0.4) is 0 Å². The number of nitrogens with one attached hydrogen (secondary N) is 1. The smallest absolute Gasteiger partial charge is 0.254 e. The summed E-state index contributed by atoms with van der Waals surface area (Å²) < 4.78 is 13.5. The first-order chi connectivity index (χ1) is 9.56. The van der Waals surface area contributed by atoms with E-state index in [0.717, 1.165) is 19.4 Å². The van der Waals surface area contributed by atoms with E-state index in [4.69, 9.17) is 11.6 Å². The lowest BCUT2D eigenvalue weighted by Gasteiger charge is -2.40. The molecule has 1 aliphatic rings. The number of halogens is 2. The Hall–Kier alpha value is -1.13. The summed E-state index contributed by atoms with van der Waals surface area (Å²) >= 11 is 5.66. The zero-order chi connectivity index (χ0) is 14.7. The van der Waals surface area contributed by atoms with Gasteiger partial charge in [-0.25, -0.2) is 4.39 Å². The fourth-order valence-corrected chi connectivity index (χ4v) is 2.66. The van der Waals surface area contributed by atoms with Gasteiger partial charge in [0.05, 0.1) is 5.02 Å². The molecular formula is C15H20ClFN2O. The Morgan fingerprint density at radius 1 is 1.45 bits per heavy atom. The van der Waals surface area contributed by atoms with Crippen molar-refractivity contribution >= 4 is 17.5 Å². The van der Waals surface area contributed by atoms with Gasteiger partial charge in [0.25, 0.3) is 5.91 Å². The van der Waals surface area contributed by atoms with E-state index in [-0.39, 0.29) is 17.0 Å². The van der Waals surface area contributed by atoms with Gasteiger partial charge in [0.1, 0.15) is 5.82 Å². The van der Waals surface area contributed by atoms with Crippen LogP contribution in [0.2, 0.25) is 5.02 Å². The molecule has 5 heteroatoms. The number of amides is 1. The van der Waals surface area contributed by atoms with E-state index in [1.165, 1.54) is 12.1 Å². The van der Waals surface area contributed by atoms with Crippen LogP contribution in [0, 0.1) is 5.82 Å². The average molecular weight is 299 g/mol. The summed E-state index contributed by atoms with van der Waals surface area (Å²) in [6, 6.07) is 4.71. The fourth-order valence-electron chi connectivity index (χ4n) is 2.55. The fraction of sp³-hybridized carbons (Fsp3) is 0.533. The molecule has 0 saturated carbocycles. The number of rotatable bonds is 3. The van der Waals surface area contributed by atoms with Crippen molar-refractivity contribution in [2.24, 2.45) is 0 Å². The maximum Gasteiger partial charge on any atom is 0.254 e. The summed E-state index contributed by atoms with van der Waals surface area (Å²) in [5.41, 5.74) is 0.363. The third-order valence-corrected chi connectivity index (χ3v) is 4.20. The van der Waals surface area contributed by atoms with E-state index < -0.39 is 5.82 Å². The Bertz CT molecular complexity index is 495. The average Bonchev–Trinajstić information content (AvgIpc) is 2.48. The van der Waals surface area contributed by atoms with Crippen LogP contribution in [0.1, 0.15) is 37.0 Å². The normalized spacial score (nSPS) is 22.9. The Morgan fingerprint density at radius 2 is 2.20 bits per heavy atom. The molecule has 1 aromatic rings. The molecule has 2 atom stereocenters. The maximum atomic E-state index is 13.5. The van der Waals surface area contributed by atoms with Crippen molar-refractivity contribution in [1.82, 2.24) is 10.2 Å². The Morgan fingerprint density at radius 3 is 2.80 bits per heavy atom. The molecule has 0 aliphatic carbocycles. The SMILES string of the molecule is CCC1CN(C(=O)c2ccc(Cl)c(F)c2)C(CC)CN1. The molecule has 20 heavy (non-hydrogen) atoms. The van der Waals surface area contributed by atoms with Crippen molar-refractivity contribution in [2.45, 2.75) is 38.8 Å². The van der Waals surface area contributed by atoms with Crippen molar-refractivity contribution in [3.63, 3.8) is 0 Å². The van der Waals surface area contributed by atoms with Gasteiger partial charge < -0.3 is 10.2 Å². The van der Waals surface area contributed by atoms with Crippen molar-refractivity contribution in [2.75, 3.05) is 13.1 Å². The molecule has 2 rings (SSSR count). The van der Waals surface area contributed by atoms with E-state index in [1.54, 1.807) is 6.07 Å². The number of piperazine rings is 1. The molecule has 0 radical (unpaired) electrons. The van der Waals surface area contributed by atoms with Crippen LogP contribution >= 0.6 is 11.6 Å². The van der Waals surface area contributed by atoms with E-state index >= 15 is 0 Å². The van der Waals surface area contributed by atoms with Gasteiger partial charge >= 0.3 is 0 Å². The zero-order valence-electron chi connectivity index (χ0n) is 11.8. The summed E-state index contributed by atoms with van der Waals surface area (Å²) in [5.74, 6) is -0.667. The molecule has 1 N–H and O–H groups in total. The highest BCUT2D eigenvalue weighted by Gasteiger charge is 2.30. The van der Waals surface area contributed by atoms with Crippen LogP contribution in [0.25, 0.3) is 0 Å². The molecule has 1 amide bonds. The van der Waals surface area contributed by atoms with E-state index in [1.807, 2.05) is 4.90 Å². The van der Waals surface area contributed by atoms with E-state index in [2.05, 4.69) is 19.2 Å². The Labute approximate surface area is 124 Å². The second kappa shape index (κ2) is 6.55. The summed E-state index contributed by atoms with van der Waals surface area (Å²) in [7, 11) is 0. The summed E-state index contributed by atoms with van der Waals surface area (Å²) in [5, 5.41) is 3.48. The highest BCUT2D eigenvalue weighted by atomic mass is 35.5. The molecule has 2 unspecified atom stereocenters. The zero-order valence-corrected chi connectivity index (χ0v) is 12.6. The van der Waals surface area contributed by atoms with Gasteiger partial charge in [0, 0.05) is 30.7 Å². The van der Waals surface area contributed by atoms with Gasteiger partial charge in [-0.3, -0.25) is 4.79 Å². The lowest BCUT2D eigenvalue weighted by atomic mass is 10.0. The molecule has 110 valence electrons. The van der Waals surface area contributed by atoms with Crippen LogP contribution in [-0.4, -0.2) is 36.0 Å². The summed E-state index contributed by atoms with van der Waals surface area (Å²) in [4.78, 5) is 14.4. The van der Waals surface area contributed by atoms with Crippen LogP contribution in [0.5, 0.6) is 0 Å². The standard InChI is InChI=1S/C15H20ClFN2O/c1-3-11-9-19(12(4-2)8-18-11)15(20)10-5-6-13(16)14(17)7-10/h5-7,11-12,18H,3-4,8-9H2,1-2H3. The van der Waals surface area contributed by atoms with Crippen LogP contribution in [-0.2, 0) is 0 Å². The largest absolute Gasteiger partial charge is 0.333 e. The second-order valence-corrected chi connectivity index (χ2v) is 5.57.